The molecule has 2 N–H and O–H groups in total. The number of amides is 2. The molecule has 0 spiro atoms. The predicted molar refractivity (Wildman–Crippen MR) is 97.4 cm³/mol. The lowest BCUT2D eigenvalue weighted by molar-refractivity contribution is -0.137. The van der Waals surface area contributed by atoms with Crippen LogP contribution in [0.1, 0.15) is 29.2 Å². The summed E-state index contributed by atoms with van der Waals surface area (Å²) in [6.45, 7) is 5.34. The van der Waals surface area contributed by atoms with Crippen LogP contribution in [0.3, 0.4) is 0 Å². The fourth-order valence-electron chi connectivity index (χ4n) is 2.37. The highest BCUT2D eigenvalue weighted by Crippen LogP contribution is 2.29. The maximum atomic E-state index is 12.5. The average molecular weight is 394 g/mol. The number of aryl methyl sites for hydroxylation is 1. The second-order valence-corrected chi connectivity index (χ2v) is 6.37. The minimum absolute atomic E-state index is 0.176. The van der Waals surface area contributed by atoms with E-state index in [9.17, 15) is 22.8 Å². The van der Waals surface area contributed by atoms with Crippen molar-refractivity contribution < 1.29 is 27.5 Å². The lowest BCUT2D eigenvalue weighted by Crippen LogP contribution is -2.47. The Hall–Kier alpha value is -3.03. The van der Waals surface area contributed by atoms with E-state index in [2.05, 4.69) is 10.9 Å². The normalized spacial score (nSPS) is 12.2. The number of alkyl halides is 3. The van der Waals surface area contributed by atoms with Crippen molar-refractivity contribution in [2.75, 3.05) is 0 Å². The largest absolute Gasteiger partial charge is 0.481 e. The van der Waals surface area contributed by atoms with Gasteiger partial charge < -0.3 is 4.74 Å². The third kappa shape index (κ3) is 5.73. The molecule has 0 saturated carbocycles. The van der Waals surface area contributed by atoms with E-state index in [-0.39, 0.29) is 6.42 Å². The Bertz CT molecular complexity index is 849. The highest BCUT2D eigenvalue weighted by molar-refractivity contribution is 5.85. The summed E-state index contributed by atoms with van der Waals surface area (Å²) in [7, 11) is 0. The molecule has 0 aliphatic rings. The summed E-state index contributed by atoms with van der Waals surface area (Å²) >= 11 is 0. The number of halogens is 3. The van der Waals surface area contributed by atoms with Gasteiger partial charge in [-0.05, 0) is 55.7 Å². The van der Waals surface area contributed by atoms with Gasteiger partial charge in [0.15, 0.2) is 6.10 Å². The Morgan fingerprint density at radius 3 is 2.29 bits per heavy atom. The van der Waals surface area contributed by atoms with Crippen molar-refractivity contribution in [3.05, 3.63) is 64.7 Å². The molecule has 0 aliphatic heterocycles. The van der Waals surface area contributed by atoms with Crippen molar-refractivity contribution in [2.45, 2.75) is 39.5 Å². The number of nitrogens with one attached hydrogen (secondary N) is 2. The zero-order valence-electron chi connectivity index (χ0n) is 15.7. The highest BCUT2D eigenvalue weighted by atomic mass is 19.4. The lowest BCUT2D eigenvalue weighted by atomic mass is 10.1. The maximum absolute atomic E-state index is 12.5. The Morgan fingerprint density at radius 2 is 1.68 bits per heavy atom. The Labute approximate surface area is 160 Å². The van der Waals surface area contributed by atoms with E-state index in [1.807, 2.05) is 26.0 Å². The van der Waals surface area contributed by atoms with Crippen LogP contribution < -0.4 is 15.6 Å². The topological polar surface area (TPSA) is 67.4 Å². The fourth-order valence-corrected chi connectivity index (χ4v) is 2.37. The molecule has 28 heavy (non-hydrogen) atoms. The van der Waals surface area contributed by atoms with Crippen LogP contribution in [0.15, 0.2) is 42.5 Å². The van der Waals surface area contributed by atoms with Gasteiger partial charge in [0.25, 0.3) is 5.91 Å². The van der Waals surface area contributed by atoms with Crippen LogP contribution in [0.5, 0.6) is 5.75 Å². The summed E-state index contributed by atoms with van der Waals surface area (Å²) in [5, 5.41) is 0. The van der Waals surface area contributed by atoms with Gasteiger partial charge in [-0.3, -0.25) is 20.4 Å². The van der Waals surface area contributed by atoms with Crippen LogP contribution in [0.4, 0.5) is 13.2 Å². The summed E-state index contributed by atoms with van der Waals surface area (Å²) in [5.74, 6) is -0.549. The van der Waals surface area contributed by atoms with Gasteiger partial charge in [-0.15, -0.1) is 0 Å². The summed E-state index contributed by atoms with van der Waals surface area (Å²) in [6, 6.07) is 9.73. The van der Waals surface area contributed by atoms with Gasteiger partial charge in [-0.25, -0.2) is 0 Å². The van der Waals surface area contributed by atoms with Gasteiger partial charge in [-0.2, -0.15) is 13.2 Å². The zero-order chi connectivity index (χ0) is 20.9. The molecule has 2 aromatic rings. The molecule has 0 fully saturated rings. The summed E-state index contributed by atoms with van der Waals surface area (Å²) in [6.07, 6.45) is -5.46. The number of rotatable bonds is 5. The molecule has 8 heteroatoms. The molecular formula is C20H21F3N2O3. The monoisotopic (exact) mass is 394 g/mol. The van der Waals surface area contributed by atoms with Gasteiger partial charge in [0, 0.05) is 0 Å². The van der Waals surface area contributed by atoms with E-state index in [1.54, 1.807) is 13.0 Å². The van der Waals surface area contributed by atoms with E-state index >= 15 is 0 Å². The maximum Gasteiger partial charge on any atom is 0.416 e. The molecule has 5 nitrogen and oxygen atoms in total. The van der Waals surface area contributed by atoms with Crippen LogP contribution in [0.25, 0.3) is 0 Å². The molecule has 0 saturated heterocycles. The number of carbonyl (C=O) groups is 2. The molecule has 150 valence electrons. The second kappa shape index (κ2) is 8.77. The first-order valence-electron chi connectivity index (χ1n) is 8.55. The first-order chi connectivity index (χ1) is 13.1. The smallest absolute Gasteiger partial charge is 0.416 e. The van der Waals surface area contributed by atoms with E-state index in [0.29, 0.717) is 11.3 Å². The minimum atomic E-state index is -4.43. The summed E-state index contributed by atoms with van der Waals surface area (Å²) in [5.41, 5.74) is 6.01. The molecule has 0 radical (unpaired) electrons. The van der Waals surface area contributed by atoms with Crippen LogP contribution in [0, 0.1) is 13.8 Å². The molecule has 0 aliphatic carbocycles. The van der Waals surface area contributed by atoms with Crippen molar-refractivity contribution in [2.24, 2.45) is 0 Å². The highest BCUT2D eigenvalue weighted by Gasteiger charge is 2.30. The minimum Gasteiger partial charge on any atom is -0.481 e. The number of hydrogen-bond donors (Lipinski definition) is 2. The standard InChI is InChI=1S/C20H21F3N2O3/c1-12-5-4-6-17(13(12)2)28-14(3)19(27)25-24-18(26)11-15-7-9-16(10-8-15)20(21,22)23/h4-10,14H,11H2,1-3H3,(H,24,26)(H,25,27). The van der Waals surface area contributed by atoms with Crippen LogP contribution in [-0.2, 0) is 22.2 Å². The first kappa shape index (κ1) is 21.3. The van der Waals surface area contributed by atoms with E-state index in [4.69, 9.17) is 4.74 Å². The molecular weight excluding hydrogens is 373 g/mol. The Balaban J connectivity index is 1.84. The molecule has 1 unspecified atom stereocenters. The number of hydrogen-bond acceptors (Lipinski definition) is 3. The zero-order valence-corrected chi connectivity index (χ0v) is 15.7. The van der Waals surface area contributed by atoms with E-state index < -0.39 is 29.7 Å². The predicted octanol–water partition coefficient (Wildman–Crippen LogP) is 3.48. The van der Waals surface area contributed by atoms with Crippen LogP contribution >= 0.6 is 0 Å². The molecule has 1 atom stereocenters. The van der Waals surface area contributed by atoms with Crippen molar-refractivity contribution in [1.82, 2.24) is 10.9 Å². The van der Waals surface area contributed by atoms with Crippen molar-refractivity contribution >= 4 is 11.8 Å². The summed E-state index contributed by atoms with van der Waals surface area (Å²) in [4.78, 5) is 24.0. The Morgan fingerprint density at radius 1 is 1.04 bits per heavy atom. The number of benzene rings is 2. The molecule has 2 aromatic carbocycles. The van der Waals surface area contributed by atoms with Gasteiger partial charge >= 0.3 is 6.18 Å². The second-order valence-electron chi connectivity index (χ2n) is 6.37. The number of hydrazine groups is 1. The summed E-state index contributed by atoms with van der Waals surface area (Å²) < 4.78 is 43.2. The third-order valence-electron chi connectivity index (χ3n) is 4.20. The first-order valence-corrected chi connectivity index (χ1v) is 8.55. The molecule has 0 aromatic heterocycles. The van der Waals surface area contributed by atoms with Crippen molar-refractivity contribution in [3.63, 3.8) is 0 Å². The third-order valence-corrected chi connectivity index (χ3v) is 4.20. The van der Waals surface area contributed by atoms with Crippen molar-refractivity contribution in [1.29, 1.82) is 0 Å². The quantitative estimate of drug-likeness (QED) is 0.763. The molecule has 0 bridgehead atoms. The van der Waals surface area contributed by atoms with E-state index in [1.165, 1.54) is 12.1 Å². The molecule has 0 heterocycles. The van der Waals surface area contributed by atoms with Crippen LogP contribution in [0.2, 0.25) is 0 Å². The van der Waals surface area contributed by atoms with Gasteiger partial charge in [-0.1, -0.05) is 24.3 Å². The fraction of sp³-hybridized carbons (Fsp3) is 0.300. The van der Waals surface area contributed by atoms with Crippen molar-refractivity contribution in [3.8, 4) is 5.75 Å². The molecule has 2 rings (SSSR count). The van der Waals surface area contributed by atoms with Gasteiger partial charge in [0.1, 0.15) is 5.75 Å². The van der Waals surface area contributed by atoms with Gasteiger partial charge in [0.05, 0.1) is 12.0 Å². The lowest BCUT2D eigenvalue weighted by Gasteiger charge is -2.17. The number of carbonyl (C=O) groups excluding carboxylic acids is 2. The van der Waals surface area contributed by atoms with Gasteiger partial charge in [0.2, 0.25) is 5.91 Å². The van der Waals surface area contributed by atoms with Crippen LogP contribution in [-0.4, -0.2) is 17.9 Å². The Kier molecular flexibility index (Phi) is 6.66. The van der Waals surface area contributed by atoms with E-state index in [0.717, 1.165) is 23.3 Å². The SMILES string of the molecule is Cc1cccc(OC(C)C(=O)NNC(=O)Cc2ccc(C(F)(F)F)cc2)c1C. The molecule has 2 amide bonds. The number of ether oxygens (including phenoxy) is 1. The average Bonchev–Trinajstić information content (AvgIpc) is 2.63.